The Morgan fingerprint density at radius 2 is 1.46 bits per heavy atom. The maximum Gasteiger partial charge on any atom is 0.416 e. The monoisotopic (exact) mass is 363 g/mol. The Labute approximate surface area is 154 Å². The second kappa shape index (κ2) is 8.72. The maximum absolute atomic E-state index is 12.1. The predicted octanol–water partition coefficient (Wildman–Crippen LogP) is 6.16. The van der Waals surface area contributed by atoms with Crippen molar-refractivity contribution < 1.29 is 13.2 Å². The summed E-state index contributed by atoms with van der Waals surface area (Å²) in [5, 5.41) is 3.19. The lowest BCUT2D eigenvalue weighted by Gasteiger charge is -2.25. The first-order valence-corrected chi connectivity index (χ1v) is 9.11. The van der Waals surface area contributed by atoms with Crippen LogP contribution < -0.4 is 5.32 Å². The van der Waals surface area contributed by atoms with E-state index in [-0.39, 0.29) is 5.41 Å². The van der Waals surface area contributed by atoms with E-state index in [0.29, 0.717) is 5.92 Å². The van der Waals surface area contributed by atoms with Crippen LogP contribution in [0, 0.1) is 0 Å². The highest BCUT2D eigenvalue weighted by molar-refractivity contribution is 5.29. The average molecular weight is 363 g/mol. The van der Waals surface area contributed by atoms with Crippen molar-refractivity contribution in [1.29, 1.82) is 0 Å². The minimum atomic E-state index is -4.21. The number of halogens is 3. The first-order valence-electron chi connectivity index (χ1n) is 9.11. The summed E-state index contributed by atoms with van der Waals surface area (Å²) in [5.74, 6) is 0.516. The van der Waals surface area contributed by atoms with Gasteiger partial charge in [-0.05, 0) is 67.4 Å². The van der Waals surface area contributed by atoms with E-state index in [1.807, 2.05) is 7.05 Å². The zero-order valence-electron chi connectivity index (χ0n) is 15.7. The summed E-state index contributed by atoms with van der Waals surface area (Å²) in [4.78, 5) is 0. The standard InChI is InChI=1S/C12H19N.C10H9F3/c1-12(2,9-10-13-3)11-7-5-4-6-8-11;11-10(12,13)9-5-3-8(4-6-9)7-1-2-7/h4-8,13H,9-10H2,1-3H3;3-7H,1-2H2. The van der Waals surface area contributed by atoms with Gasteiger partial charge >= 0.3 is 6.18 Å². The van der Waals surface area contributed by atoms with Gasteiger partial charge in [0.05, 0.1) is 5.56 Å². The molecule has 0 radical (unpaired) electrons. The van der Waals surface area contributed by atoms with Crippen LogP contribution in [0.5, 0.6) is 0 Å². The van der Waals surface area contributed by atoms with Gasteiger partial charge in [-0.25, -0.2) is 0 Å². The average Bonchev–Trinajstić information content (AvgIpc) is 3.46. The molecule has 1 saturated carbocycles. The molecule has 0 atom stereocenters. The molecule has 142 valence electrons. The Kier molecular flexibility index (Phi) is 6.87. The molecule has 0 heterocycles. The van der Waals surface area contributed by atoms with Gasteiger partial charge in [0.1, 0.15) is 0 Å². The van der Waals surface area contributed by atoms with E-state index in [1.165, 1.54) is 12.0 Å². The molecule has 1 fully saturated rings. The van der Waals surface area contributed by atoms with E-state index >= 15 is 0 Å². The fourth-order valence-electron chi connectivity index (χ4n) is 2.83. The smallest absolute Gasteiger partial charge is 0.320 e. The molecule has 0 spiro atoms. The maximum atomic E-state index is 12.1. The lowest BCUT2D eigenvalue weighted by atomic mass is 9.82. The van der Waals surface area contributed by atoms with Crippen molar-refractivity contribution in [1.82, 2.24) is 5.32 Å². The zero-order valence-corrected chi connectivity index (χ0v) is 15.7. The van der Waals surface area contributed by atoms with Crippen LogP contribution >= 0.6 is 0 Å². The Morgan fingerprint density at radius 1 is 0.885 bits per heavy atom. The molecule has 3 rings (SSSR count). The van der Waals surface area contributed by atoms with Crippen molar-refractivity contribution in [3.63, 3.8) is 0 Å². The fourth-order valence-corrected chi connectivity index (χ4v) is 2.83. The molecule has 2 aromatic rings. The largest absolute Gasteiger partial charge is 0.416 e. The van der Waals surface area contributed by atoms with E-state index < -0.39 is 11.7 Å². The van der Waals surface area contributed by atoms with Crippen LogP contribution in [0.2, 0.25) is 0 Å². The number of alkyl halides is 3. The Hall–Kier alpha value is -1.81. The number of nitrogens with one attached hydrogen (secondary N) is 1. The lowest BCUT2D eigenvalue weighted by Crippen LogP contribution is -2.23. The molecule has 2 aromatic carbocycles. The van der Waals surface area contributed by atoms with Gasteiger partial charge in [0, 0.05) is 0 Å². The molecule has 0 unspecified atom stereocenters. The van der Waals surface area contributed by atoms with Gasteiger partial charge in [-0.1, -0.05) is 56.3 Å². The summed E-state index contributed by atoms with van der Waals surface area (Å²) < 4.78 is 36.4. The molecule has 1 nitrogen and oxygen atoms in total. The van der Waals surface area contributed by atoms with Gasteiger partial charge in [-0.2, -0.15) is 13.2 Å². The Bertz CT molecular complexity index is 656. The summed E-state index contributed by atoms with van der Waals surface area (Å²) in [6.07, 6.45) is -0.799. The van der Waals surface area contributed by atoms with Gasteiger partial charge in [-0.15, -0.1) is 0 Å². The van der Waals surface area contributed by atoms with Crippen molar-refractivity contribution in [2.45, 2.75) is 50.6 Å². The molecule has 0 amide bonds. The first-order chi connectivity index (χ1) is 12.2. The van der Waals surface area contributed by atoms with Crippen LogP contribution in [-0.4, -0.2) is 13.6 Å². The van der Waals surface area contributed by atoms with Gasteiger partial charge in [-0.3, -0.25) is 0 Å². The number of rotatable bonds is 5. The van der Waals surface area contributed by atoms with Gasteiger partial charge in [0.15, 0.2) is 0 Å². The van der Waals surface area contributed by atoms with E-state index in [0.717, 1.165) is 37.1 Å². The Balaban J connectivity index is 0.000000187. The minimum absolute atomic E-state index is 0.282. The van der Waals surface area contributed by atoms with Crippen LogP contribution in [0.25, 0.3) is 0 Å². The van der Waals surface area contributed by atoms with Crippen molar-refractivity contribution >= 4 is 0 Å². The minimum Gasteiger partial charge on any atom is -0.320 e. The van der Waals surface area contributed by atoms with E-state index in [4.69, 9.17) is 0 Å². The van der Waals surface area contributed by atoms with Crippen molar-refractivity contribution in [3.8, 4) is 0 Å². The van der Waals surface area contributed by atoms with Gasteiger partial charge in [0.2, 0.25) is 0 Å². The number of benzene rings is 2. The highest BCUT2D eigenvalue weighted by Crippen LogP contribution is 2.40. The van der Waals surface area contributed by atoms with Crippen molar-refractivity contribution in [2.24, 2.45) is 0 Å². The van der Waals surface area contributed by atoms with Crippen LogP contribution in [0.1, 0.15) is 55.7 Å². The van der Waals surface area contributed by atoms with Crippen LogP contribution in [-0.2, 0) is 11.6 Å². The molecular weight excluding hydrogens is 335 g/mol. The third-order valence-corrected chi connectivity index (χ3v) is 4.84. The second-order valence-corrected chi connectivity index (χ2v) is 7.50. The molecule has 0 saturated heterocycles. The van der Waals surface area contributed by atoms with Gasteiger partial charge in [0.25, 0.3) is 0 Å². The summed E-state index contributed by atoms with van der Waals surface area (Å²) in [6.45, 7) is 5.65. The molecule has 1 aliphatic carbocycles. The molecule has 0 aromatic heterocycles. The Morgan fingerprint density at radius 3 is 1.92 bits per heavy atom. The molecule has 1 N–H and O–H groups in total. The third kappa shape index (κ3) is 6.17. The van der Waals surface area contributed by atoms with E-state index in [1.54, 1.807) is 12.1 Å². The lowest BCUT2D eigenvalue weighted by molar-refractivity contribution is -0.137. The molecule has 1 aliphatic rings. The second-order valence-electron chi connectivity index (χ2n) is 7.50. The molecule has 4 heteroatoms. The number of hydrogen-bond acceptors (Lipinski definition) is 1. The number of hydrogen-bond donors (Lipinski definition) is 1. The third-order valence-electron chi connectivity index (χ3n) is 4.84. The summed E-state index contributed by atoms with van der Waals surface area (Å²) in [5.41, 5.74) is 2.18. The quantitative estimate of drug-likeness (QED) is 0.671. The normalized spacial score (nSPS) is 14.5. The van der Waals surface area contributed by atoms with Gasteiger partial charge < -0.3 is 5.32 Å². The van der Waals surface area contributed by atoms with Crippen molar-refractivity contribution in [3.05, 3.63) is 71.3 Å². The summed E-state index contributed by atoms with van der Waals surface area (Å²) in [6, 6.07) is 16.2. The van der Waals surface area contributed by atoms with Crippen LogP contribution in [0.4, 0.5) is 13.2 Å². The fraction of sp³-hybridized carbons (Fsp3) is 0.455. The predicted molar refractivity (Wildman–Crippen MR) is 101 cm³/mol. The molecular formula is C22H28F3N. The highest BCUT2D eigenvalue weighted by Gasteiger charge is 2.31. The summed E-state index contributed by atoms with van der Waals surface area (Å²) >= 11 is 0. The summed E-state index contributed by atoms with van der Waals surface area (Å²) in [7, 11) is 2.00. The highest BCUT2D eigenvalue weighted by atomic mass is 19.4. The molecule has 0 aliphatic heterocycles. The molecule has 26 heavy (non-hydrogen) atoms. The van der Waals surface area contributed by atoms with E-state index in [2.05, 4.69) is 49.5 Å². The molecule has 0 bridgehead atoms. The van der Waals surface area contributed by atoms with Crippen LogP contribution in [0.15, 0.2) is 54.6 Å². The first kappa shape index (κ1) is 20.5. The topological polar surface area (TPSA) is 12.0 Å². The SMILES string of the molecule is CNCCC(C)(C)c1ccccc1.FC(F)(F)c1ccc(C2CC2)cc1. The zero-order chi connectivity index (χ0) is 19.2. The van der Waals surface area contributed by atoms with E-state index in [9.17, 15) is 13.2 Å². The van der Waals surface area contributed by atoms with Crippen LogP contribution in [0.3, 0.4) is 0 Å². The van der Waals surface area contributed by atoms with Crippen molar-refractivity contribution in [2.75, 3.05) is 13.6 Å².